The zero-order valence-electron chi connectivity index (χ0n) is 10.7. The van der Waals surface area contributed by atoms with Gasteiger partial charge in [-0.15, -0.1) is 0 Å². The van der Waals surface area contributed by atoms with Crippen molar-refractivity contribution in [2.75, 3.05) is 46.3 Å². The number of amides is 1. The molecule has 4 nitrogen and oxygen atoms in total. The Hall–Kier alpha value is -0.610. The third-order valence-electron chi connectivity index (χ3n) is 3.20. The van der Waals surface area contributed by atoms with Crippen molar-refractivity contribution in [3.63, 3.8) is 0 Å². The van der Waals surface area contributed by atoms with E-state index in [2.05, 4.69) is 24.2 Å². The maximum Gasteiger partial charge on any atom is 0.236 e. The van der Waals surface area contributed by atoms with Crippen molar-refractivity contribution in [3.8, 4) is 0 Å². The molecule has 0 aromatic heterocycles. The molecule has 0 spiro atoms. The minimum Gasteiger partial charge on any atom is -0.342 e. The van der Waals surface area contributed by atoms with Gasteiger partial charge in [-0.25, -0.2) is 0 Å². The highest BCUT2D eigenvalue weighted by Gasteiger charge is 2.15. The second-order valence-electron chi connectivity index (χ2n) is 4.51. The molecule has 1 aliphatic heterocycles. The summed E-state index contributed by atoms with van der Waals surface area (Å²) in [5.74, 6) is 0.263. The fourth-order valence-corrected chi connectivity index (χ4v) is 1.88. The minimum absolute atomic E-state index is 0.263. The monoisotopic (exact) mass is 227 g/mol. The van der Waals surface area contributed by atoms with Crippen LogP contribution >= 0.6 is 0 Å². The molecule has 16 heavy (non-hydrogen) atoms. The van der Waals surface area contributed by atoms with E-state index in [-0.39, 0.29) is 5.91 Å². The summed E-state index contributed by atoms with van der Waals surface area (Å²) in [6.45, 7) is 7.50. The number of hydrogen-bond donors (Lipinski definition) is 1. The Balaban J connectivity index is 2.05. The first-order valence-electron chi connectivity index (χ1n) is 6.41. The summed E-state index contributed by atoms with van der Waals surface area (Å²) in [6.07, 6.45) is 3.62. The van der Waals surface area contributed by atoms with Gasteiger partial charge in [0.2, 0.25) is 5.91 Å². The van der Waals surface area contributed by atoms with Gasteiger partial charge in [0.05, 0.1) is 6.54 Å². The van der Waals surface area contributed by atoms with E-state index in [9.17, 15) is 4.79 Å². The molecule has 1 fully saturated rings. The number of likely N-dealkylation sites (N-methyl/N-ethyl adjacent to an activating group) is 1. The predicted octanol–water partition coefficient (Wildman–Crippen LogP) is 0.540. The summed E-state index contributed by atoms with van der Waals surface area (Å²) in [7, 11) is 2.09. The van der Waals surface area contributed by atoms with Crippen LogP contribution in [0.2, 0.25) is 0 Å². The molecule has 1 amide bonds. The van der Waals surface area contributed by atoms with Crippen LogP contribution in [-0.4, -0.2) is 62.0 Å². The van der Waals surface area contributed by atoms with Crippen LogP contribution in [0.1, 0.15) is 26.2 Å². The molecule has 0 saturated carbocycles. The smallest absolute Gasteiger partial charge is 0.236 e. The number of hydrogen-bond acceptors (Lipinski definition) is 3. The minimum atomic E-state index is 0.263. The number of carbonyl (C=O) groups excluding carboxylic acids is 1. The van der Waals surface area contributed by atoms with Gasteiger partial charge >= 0.3 is 0 Å². The summed E-state index contributed by atoms with van der Waals surface area (Å²) in [6, 6.07) is 0. The maximum atomic E-state index is 11.8. The average Bonchev–Trinajstić information content (AvgIpc) is 2.35. The lowest BCUT2D eigenvalue weighted by atomic mass is 10.1. The average molecular weight is 227 g/mol. The molecule has 0 aliphatic carbocycles. The van der Waals surface area contributed by atoms with Crippen LogP contribution in [0.25, 0.3) is 0 Å². The van der Waals surface area contributed by atoms with E-state index in [0.29, 0.717) is 6.54 Å². The molecule has 1 rings (SSSR count). The topological polar surface area (TPSA) is 35.6 Å². The molecule has 1 heterocycles. The van der Waals surface area contributed by atoms with Crippen molar-refractivity contribution in [2.45, 2.75) is 26.2 Å². The molecule has 1 N–H and O–H groups in total. The number of rotatable bonds is 6. The van der Waals surface area contributed by atoms with Gasteiger partial charge in [0, 0.05) is 26.2 Å². The van der Waals surface area contributed by atoms with Crippen LogP contribution in [0.15, 0.2) is 0 Å². The highest BCUT2D eigenvalue weighted by Crippen LogP contribution is 2.07. The van der Waals surface area contributed by atoms with E-state index in [1.54, 1.807) is 0 Å². The van der Waals surface area contributed by atoms with Crippen molar-refractivity contribution < 1.29 is 4.79 Å². The first-order valence-corrected chi connectivity index (χ1v) is 6.41. The predicted molar refractivity (Wildman–Crippen MR) is 66.5 cm³/mol. The molecule has 0 bridgehead atoms. The van der Waals surface area contributed by atoms with E-state index in [4.69, 9.17) is 0 Å². The molecule has 0 radical (unpaired) electrons. The number of carbonyl (C=O) groups is 1. The highest BCUT2D eigenvalue weighted by atomic mass is 16.2. The van der Waals surface area contributed by atoms with E-state index in [0.717, 1.165) is 32.7 Å². The molecule has 1 aliphatic rings. The van der Waals surface area contributed by atoms with Crippen LogP contribution in [-0.2, 0) is 4.79 Å². The lowest BCUT2D eigenvalue weighted by molar-refractivity contribution is -0.131. The van der Waals surface area contributed by atoms with E-state index < -0.39 is 0 Å². The van der Waals surface area contributed by atoms with E-state index in [1.807, 2.05) is 4.90 Å². The van der Waals surface area contributed by atoms with Gasteiger partial charge in [-0.3, -0.25) is 4.79 Å². The SMILES string of the molecule is CCN(C)CCNCC(=O)N1CCCCC1. The molecule has 0 unspecified atom stereocenters. The molecular weight excluding hydrogens is 202 g/mol. The molecule has 4 heteroatoms. The lowest BCUT2D eigenvalue weighted by Gasteiger charge is -2.27. The Morgan fingerprint density at radius 1 is 1.31 bits per heavy atom. The van der Waals surface area contributed by atoms with E-state index in [1.165, 1.54) is 19.3 Å². The van der Waals surface area contributed by atoms with Crippen molar-refractivity contribution in [1.29, 1.82) is 0 Å². The van der Waals surface area contributed by atoms with E-state index >= 15 is 0 Å². The Morgan fingerprint density at radius 2 is 2.00 bits per heavy atom. The van der Waals surface area contributed by atoms with Crippen molar-refractivity contribution >= 4 is 5.91 Å². The lowest BCUT2D eigenvalue weighted by Crippen LogP contribution is -2.42. The van der Waals surface area contributed by atoms with Gasteiger partial charge in [-0.1, -0.05) is 6.92 Å². The molecular formula is C12H25N3O. The maximum absolute atomic E-state index is 11.8. The molecule has 0 atom stereocenters. The Morgan fingerprint density at radius 3 is 2.62 bits per heavy atom. The molecule has 1 saturated heterocycles. The van der Waals surface area contributed by atoms with Gasteiger partial charge in [0.1, 0.15) is 0 Å². The second kappa shape index (κ2) is 7.63. The van der Waals surface area contributed by atoms with Crippen LogP contribution in [0.5, 0.6) is 0 Å². The van der Waals surface area contributed by atoms with Gasteiger partial charge in [0.15, 0.2) is 0 Å². The summed E-state index contributed by atoms with van der Waals surface area (Å²) in [4.78, 5) is 16.0. The Bertz CT molecular complexity index is 202. The van der Waals surface area contributed by atoms with Crippen LogP contribution in [0, 0.1) is 0 Å². The highest BCUT2D eigenvalue weighted by molar-refractivity contribution is 5.78. The number of nitrogens with one attached hydrogen (secondary N) is 1. The number of piperidine rings is 1. The normalized spacial score (nSPS) is 16.8. The van der Waals surface area contributed by atoms with Gasteiger partial charge in [-0.05, 0) is 32.9 Å². The zero-order chi connectivity index (χ0) is 11.8. The number of nitrogens with zero attached hydrogens (tertiary/aromatic N) is 2. The summed E-state index contributed by atoms with van der Waals surface area (Å²) in [5, 5.41) is 3.21. The fraction of sp³-hybridized carbons (Fsp3) is 0.917. The van der Waals surface area contributed by atoms with Crippen molar-refractivity contribution in [3.05, 3.63) is 0 Å². The Labute approximate surface area is 99.0 Å². The standard InChI is InChI=1S/C12H25N3O/c1-3-14(2)10-7-13-11-12(16)15-8-5-4-6-9-15/h13H,3-11H2,1-2H3. The largest absolute Gasteiger partial charge is 0.342 e. The quantitative estimate of drug-likeness (QED) is 0.673. The first-order chi connectivity index (χ1) is 7.74. The van der Waals surface area contributed by atoms with Crippen LogP contribution < -0.4 is 5.32 Å². The fourth-order valence-electron chi connectivity index (χ4n) is 1.88. The number of likely N-dealkylation sites (tertiary alicyclic amines) is 1. The third-order valence-corrected chi connectivity index (χ3v) is 3.20. The summed E-state index contributed by atoms with van der Waals surface area (Å²) < 4.78 is 0. The molecule has 94 valence electrons. The van der Waals surface area contributed by atoms with Gasteiger partial charge < -0.3 is 15.1 Å². The first kappa shape index (κ1) is 13.5. The molecule has 0 aromatic carbocycles. The van der Waals surface area contributed by atoms with Crippen molar-refractivity contribution in [2.24, 2.45) is 0 Å². The van der Waals surface area contributed by atoms with Gasteiger partial charge in [0.25, 0.3) is 0 Å². The summed E-state index contributed by atoms with van der Waals surface area (Å²) >= 11 is 0. The third kappa shape index (κ3) is 4.94. The summed E-state index contributed by atoms with van der Waals surface area (Å²) in [5.41, 5.74) is 0. The van der Waals surface area contributed by atoms with Crippen LogP contribution in [0.4, 0.5) is 0 Å². The zero-order valence-corrected chi connectivity index (χ0v) is 10.7. The van der Waals surface area contributed by atoms with Crippen molar-refractivity contribution in [1.82, 2.24) is 15.1 Å². The van der Waals surface area contributed by atoms with Crippen LogP contribution in [0.3, 0.4) is 0 Å². The Kier molecular flexibility index (Phi) is 6.42. The molecule has 0 aromatic rings. The second-order valence-corrected chi connectivity index (χ2v) is 4.51. The van der Waals surface area contributed by atoms with Gasteiger partial charge in [-0.2, -0.15) is 0 Å².